The summed E-state index contributed by atoms with van der Waals surface area (Å²) < 4.78 is 1.24. The lowest BCUT2D eigenvalue weighted by atomic mass is 9.63. The number of halogens is 1. The molecule has 2 aliphatic rings. The number of hydrogen-bond donors (Lipinski definition) is 0. The summed E-state index contributed by atoms with van der Waals surface area (Å²) in [5.74, 6) is 0. The van der Waals surface area contributed by atoms with E-state index in [1.165, 1.54) is 48.1 Å². The van der Waals surface area contributed by atoms with Crippen molar-refractivity contribution in [3.8, 4) is 0 Å². The molecule has 15 heavy (non-hydrogen) atoms. The fraction of sp³-hybridized carbons (Fsp3) is 0.538. The van der Waals surface area contributed by atoms with E-state index in [9.17, 15) is 0 Å². The van der Waals surface area contributed by atoms with Gasteiger partial charge in [-0.15, -0.1) is 0 Å². The number of hydrogen-bond acceptors (Lipinski definition) is 1. The molecule has 2 heteroatoms. The molecule has 1 aliphatic carbocycles. The minimum Gasteiger partial charge on any atom is -0.369 e. The van der Waals surface area contributed by atoms with Crippen LogP contribution in [0.4, 0.5) is 5.69 Å². The summed E-state index contributed by atoms with van der Waals surface area (Å²) in [5.41, 5.74) is 3.44. The van der Waals surface area contributed by atoms with E-state index in [0.717, 1.165) is 0 Å². The van der Waals surface area contributed by atoms with Crippen LogP contribution in [0.2, 0.25) is 0 Å². The number of rotatable bonds is 1. The standard InChI is InChI=1S/C13H16BrN/c1-10-3-4-11(14)12(7-10)15-8-13(9-15)5-2-6-13/h3-4,7H,2,5-6,8-9H2,1H3. The zero-order chi connectivity index (χ0) is 10.5. The van der Waals surface area contributed by atoms with Crippen LogP contribution in [0.15, 0.2) is 22.7 Å². The number of benzene rings is 1. The highest BCUT2D eigenvalue weighted by Gasteiger charge is 2.47. The van der Waals surface area contributed by atoms with Crippen LogP contribution in [0, 0.1) is 12.3 Å². The Kier molecular flexibility index (Phi) is 2.10. The minimum absolute atomic E-state index is 0.711. The van der Waals surface area contributed by atoms with Gasteiger partial charge in [-0.2, -0.15) is 0 Å². The summed E-state index contributed by atoms with van der Waals surface area (Å²) in [6.07, 6.45) is 4.35. The van der Waals surface area contributed by atoms with Gasteiger partial charge in [0.2, 0.25) is 0 Å². The van der Waals surface area contributed by atoms with Crippen molar-refractivity contribution in [1.29, 1.82) is 0 Å². The Hall–Kier alpha value is -0.500. The molecular weight excluding hydrogens is 250 g/mol. The van der Waals surface area contributed by atoms with E-state index in [2.05, 4.69) is 46.0 Å². The van der Waals surface area contributed by atoms with Crippen molar-refractivity contribution in [2.75, 3.05) is 18.0 Å². The van der Waals surface area contributed by atoms with E-state index < -0.39 is 0 Å². The SMILES string of the molecule is Cc1ccc(Br)c(N2CC3(CCC3)C2)c1. The van der Waals surface area contributed by atoms with E-state index >= 15 is 0 Å². The summed E-state index contributed by atoms with van der Waals surface area (Å²) >= 11 is 3.64. The number of anilines is 1. The van der Waals surface area contributed by atoms with Crippen molar-refractivity contribution in [2.24, 2.45) is 5.41 Å². The molecule has 0 bridgehead atoms. The molecule has 3 rings (SSSR count). The third-order valence-electron chi connectivity index (χ3n) is 3.91. The molecule has 1 spiro atoms. The van der Waals surface area contributed by atoms with E-state index in [1.807, 2.05) is 0 Å². The average molecular weight is 266 g/mol. The van der Waals surface area contributed by atoms with Crippen LogP contribution < -0.4 is 4.90 Å². The zero-order valence-corrected chi connectivity index (χ0v) is 10.7. The Bertz CT molecular complexity index is 388. The molecule has 1 heterocycles. The van der Waals surface area contributed by atoms with Crippen molar-refractivity contribution >= 4 is 21.6 Å². The summed E-state index contributed by atoms with van der Waals surface area (Å²) in [6.45, 7) is 4.71. The van der Waals surface area contributed by atoms with Crippen molar-refractivity contribution in [2.45, 2.75) is 26.2 Å². The average Bonchev–Trinajstić information content (AvgIpc) is 2.06. The maximum absolute atomic E-state index is 3.64. The second-order valence-electron chi connectivity index (χ2n) is 5.16. The fourth-order valence-corrected chi connectivity index (χ4v) is 3.29. The molecular formula is C13H16BrN. The highest BCUT2D eigenvalue weighted by molar-refractivity contribution is 9.10. The largest absolute Gasteiger partial charge is 0.369 e. The molecule has 1 aromatic rings. The van der Waals surface area contributed by atoms with Crippen LogP contribution in [-0.2, 0) is 0 Å². The molecule has 0 aromatic heterocycles. The number of nitrogens with zero attached hydrogens (tertiary/aromatic N) is 1. The Labute approximate surface area is 99.6 Å². The molecule has 1 aromatic carbocycles. The molecule has 1 nitrogen and oxygen atoms in total. The maximum atomic E-state index is 3.64. The van der Waals surface area contributed by atoms with Gasteiger partial charge in [0, 0.05) is 23.0 Å². The normalized spacial score (nSPS) is 22.4. The van der Waals surface area contributed by atoms with Crippen LogP contribution in [0.25, 0.3) is 0 Å². The van der Waals surface area contributed by atoms with Crippen molar-refractivity contribution in [3.63, 3.8) is 0 Å². The zero-order valence-electron chi connectivity index (χ0n) is 9.09. The molecule has 1 saturated heterocycles. The van der Waals surface area contributed by atoms with E-state index in [0.29, 0.717) is 5.41 Å². The van der Waals surface area contributed by atoms with Crippen molar-refractivity contribution < 1.29 is 0 Å². The fourth-order valence-electron chi connectivity index (χ4n) is 2.79. The first-order valence-electron chi connectivity index (χ1n) is 5.70. The van der Waals surface area contributed by atoms with Gasteiger partial charge in [0.25, 0.3) is 0 Å². The van der Waals surface area contributed by atoms with Crippen molar-refractivity contribution in [3.05, 3.63) is 28.2 Å². The monoisotopic (exact) mass is 265 g/mol. The van der Waals surface area contributed by atoms with Gasteiger partial charge in [0.05, 0.1) is 5.69 Å². The Balaban J connectivity index is 1.80. The summed E-state index contributed by atoms with van der Waals surface area (Å²) in [7, 11) is 0. The van der Waals surface area contributed by atoms with Crippen LogP contribution in [0.3, 0.4) is 0 Å². The number of aryl methyl sites for hydroxylation is 1. The summed E-state index contributed by atoms with van der Waals surface area (Å²) in [4.78, 5) is 2.51. The Morgan fingerprint density at radius 3 is 2.60 bits per heavy atom. The molecule has 1 saturated carbocycles. The first kappa shape index (κ1) is 9.71. The predicted molar refractivity (Wildman–Crippen MR) is 67.4 cm³/mol. The maximum Gasteiger partial charge on any atom is 0.0513 e. The molecule has 0 unspecified atom stereocenters. The molecule has 1 aliphatic heterocycles. The van der Waals surface area contributed by atoms with E-state index in [-0.39, 0.29) is 0 Å². The van der Waals surface area contributed by atoms with E-state index in [1.54, 1.807) is 0 Å². The molecule has 80 valence electrons. The van der Waals surface area contributed by atoms with Crippen LogP contribution in [0.5, 0.6) is 0 Å². The second kappa shape index (κ2) is 3.24. The minimum atomic E-state index is 0.711. The smallest absolute Gasteiger partial charge is 0.0513 e. The molecule has 2 fully saturated rings. The molecule has 0 amide bonds. The van der Waals surface area contributed by atoms with Gasteiger partial charge in [-0.3, -0.25) is 0 Å². The molecule has 0 N–H and O–H groups in total. The van der Waals surface area contributed by atoms with Crippen LogP contribution in [-0.4, -0.2) is 13.1 Å². The van der Waals surface area contributed by atoms with Gasteiger partial charge in [-0.1, -0.05) is 12.5 Å². The van der Waals surface area contributed by atoms with Crippen molar-refractivity contribution in [1.82, 2.24) is 0 Å². The quantitative estimate of drug-likeness (QED) is 0.748. The van der Waals surface area contributed by atoms with Crippen LogP contribution in [0.1, 0.15) is 24.8 Å². The third-order valence-corrected chi connectivity index (χ3v) is 4.58. The summed E-state index contributed by atoms with van der Waals surface area (Å²) in [6, 6.07) is 6.61. The first-order valence-corrected chi connectivity index (χ1v) is 6.49. The highest BCUT2D eigenvalue weighted by atomic mass is 79.9. The topological polar surface area (TPSA) is 3.24 Å². The van der Waals surface area contributed by atoms with Gasteiger partial charge in [0.15, 0.2) is 0 Å². The van der Waals surface area contributed by atoms with Gasteiger partial charge in [-0.05, 0) is 53.4 Å². The highest BCUT2D eigenvalue weighted by Crippen LogP contribution is 2.50. The Morgan fingerprint density at radius 1 is 1.27 bits per heavy atom. The first-order chi connectivity index (χ1) is 7.19. The Morgan fingerprint density at radius 2 is 2.00 bits per heavy atom. The lowest BCUT2D eigenvalue weighted by molar-refractivity contribution is 0.0903. The predicted octanol–water partition coefficient (Wildman–Crippen LogP) is 3.75. The summed E-state index contributed by atoms with van der Waals surface area (Å²) in [5, 5.41) is 0. The lowest BCUT2D eigenvalue weighted by Crippen LogP contribution is -2.59. The lowest BCUT2D eigenvalue weighted by Gasteiger charge is -2.57. The van der Waals surface area contributed by atoms with Crippen LogP contribution >= 0.6 is 15.9 Å². The van der Waals surface area contributed by atoms with Gasteiger partial charge >= 0.3 is 0 Å². The molecule has 0 atom stereocenters. The second-order valence-corrected chi connectivity index (χ2v) is 6.02. The van der Waals surface area contributed by atoms with Gasteiger partial charge in [-0.25, -0.2) is 0 Å². The van der Waals surface area contributed by atoms with Gasteiger partial charge in [0.1, 0.15) is 0 Å². The molecule has 0 radical (unpaired) electrons. The third kappa shape index (κ3) is 1.50. The van der Waals surface area contributed by atoms with E-state index in [4.69, 9.17) is 0 Å². The van der Waals surface area contributed by atoms with Gasteiger partial charge < -0.3 is 4.90 Å².